The molecule has 1 fully saturated rings. The summed E-state index contributed by atoms with van der Waals surface area (Å²) in [4.78, 5) is 0.376. The molecule has 1 aromatic rings. The number of rotatable bonds is 2. The number of sulfonamides is 1. The van der Waals surface area contributed by atoms with E-state index in [-0.39, 0.29) is 12.1 Å². The molecule has 2 unspecified atom stereocenters. The molecule has 2 heterocycles. The summed E-state index contributed by atoms with van der Waals surface area (Å²) >= 11 is 0. The highest BCUT2D eigenvalue weighted by Crippen LogP contribution is 2.18. The Hall–Kier alpha value is -0.850. The lowest BCUT2D eigenvalue weighted by Gasteiger charge is -2.35. The molecule has 17 heavy (non-hydrogen) atoms. The van der Waals surface area contributed by atoms with Crippen LogP contribution in [0.2, 0.25) is 0 Å². The Morgan fingerprint density at radius 1 is 1.29 bits per heavy atom. The third-order valence-electron chi connectivity index (χ3n) is 2.97. The molecule has 1 aliphatic heterocycles. The summed E-state index contributed by atoms with van der Waals surface area (Å²) in [5.41, 5.74) is 0. The number of hydrogen-bond donors (Lipinski definition) is 1. The van der Waals surface area contributed by atoms with E-state index in [0.717, 1.165) is 0 Å². The predicted molar refractivity (Wildman–Crippen MR) is 66.2 cm³/mol. The van der Waals surface area contributed by atoms with Crippen LogP contribution in [0.3, 0.4) is 0 Å². The van der Waals surface area contributed by atoms with Crippen LogP contribution in [0, 0.1) is 0 Å². The zero-order chi connectivity index (χ0) is 12.6. The first kappa shape index (κ1) is 12.6. The van der Waals surface area contributed by atoms with E-state index in [4.69, 9.17) is 0 Å². The van der Waals surface area contributed by atoms with Gasteiger partial charge in [-0.15, -0.1) is 0 Å². The average molecular weight is 257 g/mol. The predicted octanol–water partition coefficient (Wildman–Crippen LogP) is 0.396. The normalized spacial score (nSPS) is 27.2. The molecule has 0 spiro atoms. The van der Waals surface area contributed by atoms with Crippen LogP contribution in [0.1, 0.15) is 13.8 Å². The van der Waals surface area contributed by atoms with Crippen molar-refractivity contribution in [3.63, 3.8) is 0 Å². The number of aryl methyl sites for hydroxylation is 1. The molecule has 0 aliphatic carbocycles. The Labute approximate surface area is 102 Å². The Kier molecular flexibility index (Phi) is 3.29. The third kappa shape index (κ3) is 2.53. The number of hydrogen-bond acceptors (Lipinski definition) is 3. The molecule has 0 aromatic carbocycles. The van der Waals surface area contributed by atoms with Gasteiger partial charge in [0.05, 0.1) is 4.90 Å². The smallest absolute Gasteiger partial charge is 0.244 e. The van der Waals surface area contributed by atoms with Crippen molar-refractivity contribution in [3.05, 3.63) is 18.5 Å². The first-order chi connectivity index (χ1) is 7.89. The van der Waals surface area contributed by atoms with Gasteiger partial charge in [0.1, 0.15) is 0 Å². The van der Waals surface area contributed by atoms with Crippen LogP contribution < -0.4 is 5.32 Å². The number of piperazine rings is 1. The van der Waals surface area contributed by atoms with Gasteiger partial charge in [-0.3, -0.25) is 0 Å². The minimum atomic E-state index is -3.33. The maximum atomic E-state index is 12.4. The largest absolute Gasteiger partial charge is 0.356 e. The molecule has 1 aliphatic rings. The lowest BCUT2D eigenvalue weighted by molar-refractivity contribution is 0.263. The van der Waals surface area contributed by atoms with E-state index < -0.39 is 10.0 Å². The van der Waals surface area contributed by atoms with Crippen molar-refractivity contribution in [2.24, 2.45) is 7.05 Å². The lowest BCUT2D eigenvalue weighted by Crippen LogP contribution is -2.55. The number of aromatic nitrogens is 1. The molecule has 6 heteroatoms. The van der Waals surface area contributed by atoms with Gasteiger partial charge < -0.3 is 9.88 Å². The topological polar surface area (TPSA) is 54.3 Å². The second-order valence-electron chi connectivity index (χ2n) is 4.80. The molecular formula is C11H19N3O2S. The van der Waals surface area contributed by atoms with Crippen molar-refractivity contribution in [1.82, 2.24) is 14.2 Å². The van der Waals surface area contributed by atoms with E-state index in [0.29, 0.717) is 18.0 Å². The van der Waals surface area contributed by atoms with Gasteiger partial charge in [0.15, 0.2) is 0 Å². The second-order valence-corrected chi connectivity index (χ2v) is 6.74. The van der Waals surface area contributed by atoms with Crippen LogP contribution >= 0.6 is 0 Å². The number of nitrogens with zero attached hydrogens (tertiary/aromatic N) is 2. The fourth-order valence-corrected chi connectivity index (χ4v) is 3.92. The molecule has 1 N–H and O–H groups in total. The van der Waals surface area contributed by atoms with Gasteiger partial charge in [-0.25, -0.2) is 8.42 Å². The zero-order valence-corrected chi connectivity index (χ0v) is 11.2. The van der Waals surface area contributed by atoms with Crippen molar-refractivity contribution in [3.8, 4) is 0 Å². The van der Waals surface area contributed by atoms with E-state index in [9.17, 15) is 8.42 Å². The maximum absolute atomic E-state index is 12.4. The lowest BCUT2D eigenvalue weighted by atomic mass is 10.2. The molecule has 1 aromatic heterocycles. The summed E-state index contributed by atoms with van der Waals surface area (Å²) in [5.74, 6) is 0. The molecule has 1 saturated heterocycles. The molecule has 0 radical (unpaired) electrons. The van der Waals surface area contributed by atoms with Gasteiger partial charge >= 0.3 is 0 Å². The van der Waals surface area contributed by atoms with E-state index >= 15 is 0 Å². The fourth-order valence-electron chi connectivity index (χ4n) is 2.25. The minimum absolute atomic E-state index is 0.192. The molecule has 2 rings (SSSR count). The van der Waals surface area contributed by atoms with Crippen molar-refractivity contribution in [1.29, 1.82) is 0 Å². The summed E-state index contributed by atoms with van der Waals surface area (Å²) in [6, 6.07) is 2.03. The standard InChI is InChI=1S/C11H19N3O2S/c1-9-6-14(7-10(2)12-9)17(15,16)11-4-5-13(3)8-11/h4-5,8-10,12H,6-7H2,1-3H3. The van der Waals surface area contributed by atoms with Crippen LogP contribution in [0.25, 0.3) is 0 Å². The van der Waals surface area contributed by atoms with Crippen molar-refractivity contribution >= 4 is 10.0 Å². The summed E-state index contributed by atoms with van der Waals surface area (Å²) < 4.78 is 28.1. The summed E-state index contributed by atoms with van der Waals surface area (Å²) in [6.45, 7) is 5.06. The molecule has 96 valence electrons. The Balaban J connectivity index is 2.26. The fraction of sp³-hybridized carbons (Fsp3) is 0.636. The first-order valence-corrected chi connectivity index (χ1v) is 7.22. The van der Waals surface area contributed by atoms with Gasteiger partial charge in [0, 0.05) is 44.6 Å². The van der Waals surface area contributed by atoms with Crippen molar-refractivity contribution < 1.29 is 8.42 Å². The monoisotopic (exact) mass is 257 g/mol. The second kappa shape index (κ2) is 4.44. The molecule has 2 atom stereocenters. The van der Waals surface area contributed by atoms with Crippen LogP contribution in [0.5, 0.6) is 0 Å². The van der Waals surface area contributed by atoms with Crippen LogP contribution in [0.4, 0.5) is 0 Å². The SMILES string of the molecule is CC1CN(S(=O)(=O)c2ccn(C)c2)CC(C)N1. The third-order valence-corrected chi connectivity index (χ3v) is 4.78. The van der Waals surface area contributed by atoms with Gasteiger partial charge in [0.2, 0.25) is 10.0 Å². The molecule has 0 bridgehead atoms. The highest BCUT2D eigenvalue weighted by atomic mass is 32.2. The first-order valence-electron chi connectivity index (χ1n) is 5.78. The molecule has 0 amide bonds. The summed E-state index contributed by atoms with van der Waals surface area (Å²) in [7, 11) is -1.51. The van der Waals surface area contributed by atoms with Crippen molar-refractivity contribution in [2.75, 3.05) is 13.1 Å². The van der Waals surface area contributed by atoms with Gasteiger partial charge in [-0.2, -0.15) is 4.31 Å². The Bertz CT molecular complexity index is 485. The van der Waals surface area contributed by atoms with Crippen LogP contribution in [-0.2, 0) is 17.1 Å². The van der Waals surface area contributed by atoms with Crippen LogP contribution in [-0.4, -0.2) is 42.5 Å². The maximum Gasteiger partial charge on any atom is 0.244 e. The minimum Gasteiger partial charge on any atom is -0.356 e. The molecule has 0 saturated carbocycles. The van der Waals surface area contributed by atoms with Gasteiger partial charge in [-0.05, 0) is 19.9 Å². The summed E-state index contributed by atoms with van der Waals surface area (Å²) in [5, 5.41) is 3.33. The Morgan fingerprint density at radius 3 is 2.35 bits per heavy atom. The van der Waals surface area contributed by atoms with E-state index in [1.54, 1.807) is 27.3 Å². The number of nitrogens with one attached hydrogen (secondary N) is 1. The van der Waals surface area contributed by atoms with Crippen LogP contribution in [0.15, 0.2) is 23.4 Å². The molecule has 5 nitrogen and oxygen atoms in total. The Morgan fingerprint density at radius 2 is 1.88 bits per heavy atom. The van der Waals surface area contributed by atoms with E-state index in [1.165, 1.54) is 0 Å². The van der Waals surface area contributed by atoms with E-state index in [1.807, 2.05) is 20.9 Å². The quantitative estimate of drug-likeness (QED) is 0.834. The highest BCUT2D eigenvalue weighted by Gasteiger charge is 2.31. The van der Waals surface area contributed by atoms with Gasteiger partial charge in [0.25, 0.3) is 0 Å². The molecular weight excluding hydrogens is 238 g/mol. The highest BCUT2D eigenvalue weighted by molar-refractivity contribution is 7.89. The average Bonchev–Trinajstić information content (AvgIpc) is 2.64. The zero-order valence-electron chi connectivity index (χ0n) is 10.4. The van der Waals surface area contributed by atoms with Crippen molar-refractivity contribution in [2.45, 2.75) is 30.8 Å². The van der Waals surface area contributed by atoms with E-state index in [2.05, 4.69) is 5.32 Å². The summed E-state index contributed by atoms with van der Waals surface area (Å²) in [6.07, 6.45) is 3.40. The van der Waals surface area contributed by atoms with Gasteiger partial charge in [-0.1, -0.05) is 0 Å².